The van der Waals surface area contributed by atoms with E-state index in [0.29, 0.717) is 11.9 Å². The maximum Gasteiger partial charge on any atom is 0.193 e. The van der Waals surface area contributed by atoms with Gasteiger partial charge in [0.15, 0.2) is 5.96 Å². The number of nitrogens with one attached hydrogen (secondary N) is 1. The predicted molar refractivity (Wildman–Crippen MR) is 67.3 cm³/mol. The van der Waals surface area contributed by atoms with E-state index in [-0.39, 0.29) is 17.6 Å². The van der Waals surface area contributed by atoms with Crippen molar-refractivity contribution in [3.05, 3.63) is 11.8 Å². The molecule has 1 heterocycles. The molecule has 4 N–H and O–H groups in total. The highest BCUT2D eigenvalue weighted by Crippen LogP contribution is 2.52. The van der Waals surface area contributed by atoms with Gasteiger partial charge in [-0.3, -0.25) is 0 Å². The monoisotopic (exact) mass is 235 g/mol. The van der Waals surface area contributed by atoms with Gasteiger partial charge in [-0.2, -0.15) is 0 Å². The third kappa shape index (κ3) is 1.50. The maximum absolute atomic E-state index is 10.5. The van der Waals surface area contributed by atoms with Crippen LogP contribution in [-0.2, 0) is 0 Å². The fourth-order valence-electron chi connectivity index (χ4n) is 3.93. The minimum atomic E-state index is -0.208. The molecule has 3 rings (SSSR count). The van der Waals surface area contributed by atoms with Crippen molar-refractivity contribution in [1.29, 1.82) is 0 Å². The zero-order valence-corrected chi connectivity index (χ0v) is 10.3. The molecule has 94 valence electrons. The van der Waals surface area contributed by atoms with Crippen molar-refractivity contribution in [3.63, 3.8) is 0 Å². The number of aliphatic hydroxyl groups is 1. The fourth-order valence-corrected chi connectivity index (χ4v) is 3.93. The standard InChI is InChI=1S/C13H21N3O/c1-8-6-10(17)13(4-2-3-5-13)11-9(8)7-15-12(14)16-11/h7-8,10-11,17H,2-6H2,1H3,(H3,14,15,16). The molecule has 0 radical (unpaired) electrons. The molecule has 2 saturated carbocycles. The Morgan fingerprint density at radius 2 is 2.18 bits per heavy atom. The number of fused-ring (bicyclic) bond motifs is 2. The summed E-state index contributed by atoms with van der Waals surface area (Å²) in [5, 5.41) is 13.8. The minimum Gasteiger partial charge on any atom is -0.392 e. The van der Waals surface area contributed by atoms with Gasteiger partial charge in [-0.1, -0.05) is 19.8 Å². The number of hydrogen-bond acceptors (Lipinski definition) is 4. The average molecular weight is 235 g/mol. The lowest BCUT2D eigenvalue weighted by molar-refractivity contribution is -0.0220. The van der Waals surface area contributed by atoms with Crippen LogP contribution in [0.15, 0.2) is 16.8 Å². The van der Waals surface area contributed by atoms with Gasteiger partial charge in [0.2, 0.25) is 0 Å². The van der Waals surface area contributed by atoms with Crippen molar-refractivity contribution in [1.82, 2.24) is 5.32 Å². The number of nitrogens with zero attached hydrogens (tertiary/aromatic N) is 1. The molecule has 0 aromatic heterocycles. The van der Waals surface area contributed by atoms with Crippen LogP contribution in [0.5, 0.6) is 0 Å². The van der Waals surface area contributed by atoms with Crippen molar-refractivity contribution >= 4 is 5.96 Å². The Hall–Kier alpha value is -1.03. The van der Waals surface area contributed by atoms with E-state index in [1.165, 1.54) is 18.4 Å². The molecule has 1 aliphatic heterocycles. The predicted octanol–water partition coefficient (Wildman–Crippen LogP) is 1.12. The lowest BCUT2D eigenvalue weighted by Crippen LogP contribution is -2.60. The van der Waals surface area contributed by atoms with E-state index >= 15 is 0 Å². The molecule has 3 aliphatic rings. The van der Waals surface area contributed by atoms with Gasteiger partial charge in [-0.05, 0) is 30.8 Å². The van der Waals surface area contributed by atoms with Crippen LogP contribution in [0.2, 0.25) is 0 Å². The number of rotatable bonds is 0. The minimum absolute atomic E-state index is 0.00109. The highest BCUT2D eigenvalue weighted by atomic mass is 16.3. The summed E-state index contributed by atoms with van der Waals surface area (Å²) in [6.07, 6.45) is 7.21. The Morgan fingerprint density at radius 3 is 2.88 bits per heavy atom. The van der Waals surface area contributed by atoms with Crippen molar-refractivity contribution in [2.45, 2.75) is 51.2 Å². The number of guanidine groups is 1. The molecule has 0 bridgehead atoms. The summed E-state index contributed by atoms with van der Waals surface area (Å²) in [5.41, 5.74) is 7.12. The summed E-state index contributed by atoms with van der Waals surface area (Å²) >= 11 is 0. The van der Waals surface area contributed by atoms with E-state index in [1.54, 1.807) is 0 Å². The Bertz CT molecular complexity index is 382. The maximum atomic E-state index is 10.5. The van der Waals surface area contributed by atoms with Crippen molar-refractivity contribution in [3.8, 4) is 0 Å². The van der Waals surface area contributed by atoms with E-state index in [9.17, 15) is 5.11 Å². The molecule has 4 heteroatoms. The topological polar surface area (TPSA) is 70.6 Å². The van der Waals surface area contributed by atoms with E-state index in [4.69, 9.17) is 5.73 Å². The molecule has 0 amide bonds. The lowest BCUT2D eigenvalue weighted by Gasteiger charge is -2.50. The van der Waals surface area contributed by atoms with Gasteiger partial charge in [0, 0.05) is 11.6 Å². The van der Waals surface area contributed by atoms with Gasteiger partial charge in [0.1, 0.15) is 0 Å². The quantitative estimate of drug-likeness (QED) is 0.589. The molecular weight excluding hydrogens is 214 g/mol. The van der Waals surface area contributed by atoms with Crippen molar-refractivity contribution in [2.75, 3.05) is 0 Å². The van der Waals surface area contributed by atoms with Gasteiger partial charge < -0.3 is 16.2 Å². The van der Waals surface area contributed by atoms with E-state index < -0.39 is 0 Å². The van der Waals surface area contributed by atoms with Crippen molar-refractivity contribution < 1.29 is 5.11 Å². The van der Waals surface area contributed by atoms with Crippen LogP contribution < -0.4 is 11.1 Å². The number of hydrogen-bond donors (Lipinski definition) is 3. The van der Waals surface area contributed by atoms with E-state index in [2.05, 4.69) is 17.2 Å². The van der Waals surface area contributed by atoms with Crippen LogP contribution in [-0.4, -0.2) is 23.2 Å². The van der Waals surface area contributed by atoms with Gasteiger partial charge in [-0.25, -0.2) is 4.99 Å². The molecule has 0 aromatic rings. The highest BCUT2D eigenvalue weighted by Gasteiger charge is 2.53. The molecule has 4 nitrogen and oxygen atoms in total. The first kappa shape index (κ1) is 11.1. The van der Waals surface area contributed by atoms with Crippen molar-refractivity contribution in [2.24, 2.45) is 22.1 Å². The molecule has 2 fully saturated rings. The molecule has 2 aliphatic carbocycles. The first-order valence-electron chi connectivity index (χ1n) is 6.61. The molecule has 0 aromatic carbocycles. The van der Waals surface area contributed by atoms with Crippen LogP contribution in [0.3, 0.4) is 0 Å². The van der Waals surface area contributed by atoms with Crippen LogP contribution >= 0.6 is 0 Å². The number of aliphatic imine (C=N–C) groups is 1. The molecule has 17 heavy (non-hydrogen) atoms. The van der Waals surface area contributed by atoms with E-state index in [1.807, 2.05) is 6.20 Å². The second-order valence-corrected chi connectivity index (χ2v) is 5.81. The summed E-state index contributed by atoms with van der Waals surface area (Å²) in [5.74, 6) is 0.886. The Morgan fingerprint density at radius 1 is 1.47 bits per heavy atom. The van der Waals surface area contributed by atoms with Gasteiger partial charge >= 0.3 is 0 Å². The summed E-state index contributed by atoms with van der Waals surface area (Å²) in [6.45, 7) is 2.17. The van der Waals surface area contributed by atoms with Gasteiger partial charge in [0.05, 0.1) is 12.1 Å². The lowest BCUT2D eigenvalue weighted by atomic mass is 9.62. The summed E-state index contributed by atoms with van der Waals surface area (Å²) in [4.78, 5) is 4.18. The Kier molecular flexibility index (Phi) is 2.43. The largest absolute Gasteiger partial charge is 0.392 e. The van der Waals surface area contributed by atoms with Crippen LogP contribution in [0.4, 0.5) is 0 Å². The molecule has 3 atom stereocenters. The second-order valence-electron chi connectivity index (χ2n) is 5.81. The SMILES string of the molecule is CC1CC(O)C2(CCCC2)C2NC(N)=NC=C12. The third-order valence-corrected chi connectivity index (χ3v) is 4.90. The fraction of sp³-hybridized carbons (Fsp3) is 0.769. The summed E-state index contributed by atoms with van der Waals surface area (Å²) < 4.78 is 0. The number of nitrogens with two attached hydrogens (primary N) is 1. The molecular formula is C13H21N3O. The zero-order chi connectivity index (χ0) is 12.0. The summed E-state index contributed by atoms with van der Waals surface area (Å²) in [6, 6.07) is 0.196. The zero-order valence-electron chi connectivity index (χ0n) is 10.3. The van der Waals surface area contributed by atoms with Crippen LogP contribution in [0, 0.1) is 11.3 Å². The smallest absolute Gasteiger partial charge is 0.193 e. The second kappa shape index (κ2) is 3.73. The molecule has 1 spiro atoms. The first-order valence-corrected chi connectivity index (χ1v) is 6.61. The number of aliphatic hydroxyl groups excluding tert-OH is 1. The average Bonchev–Trinajstić information content (AvgIpc) is 2.77. The van der Waals surface area contributed by atoms with Gasteiger partial charge in [-0.15, -0.1) is 0 Å². The normalized spacial score (nSPS) is 39.3. The molecule has 3 unspecified atom stereocenters. The van der Waals surface area contributed by atoms with E-state index in [0.717, 1.165) is 19.3 Å². The van der Waals surface area contributed by atoms with Gasteiger partial charge in [0.25, 0.3) is 0 Å². The Balaban J connectivity index is 2.00. The highest BCUT2D eigenvalue weighted by molar-refractivity contribution is 5.80. The van der Waals surface area contributed by atoms with Crippen LogP contribution in [0.1, 0.15) is 39.0 Å². The third-order valence-electron chi connectivity index (χ3n) is 4.90. The Labute approximate surface area is 102 Å². The summed E-state index contributed by atoms with van der Waals surface area (Å²) in [7, 11) is 0. The first-order chi connectivity index (χ1) is 8.13. The molecule has 0 saturated heterocycles. The van der Waals surface area contributed by atoms with Crippen LogP contribution in [0.25, 0.3) is 0 Å².